The van der Waals surface area contributed by atoms with Gasteiger partial charge in [0.2, 0.25) is 15.9 Å². The molecule has 0 aliphatic carbocycles. The average Bonchev–Trinajstić information content (AvgIpc) is 2.69. The lowest BCUT2D eigenvalue weighted by molar-refractivity contribution is -0.141. The Balaban J connectivity index is 1.57. The van der Waals surface area contributed by atoms with E-state index < -0.39 is 28.0 Å². The van der Waals surface area contributed by atoms with Crippen LogP contribution in [-0.4, -0.2) is 87.3 Å². The van der Waals surface area contributed by atoms with E-state index in [9.17, 15) is 22.7 Å². The van der Waals surface area contributed by atoms with Crippen LogP contribution in [0.15, 0.2) is 29.2 Å². The largest absolute Gasteiger partial charge is 0.394 e. The number of nitrogens with zero attached hydrogens (tertiary/aromatic N) is 2. The summed E-state index contributed by atoms with van der Waals surface area (Å²) in [5.74, 6) is -0.632. The number of piperazine rings is 1. The topological polar surface area (TPSA) is 99.2 Å². The second-order valence-electron chi connectivity index (χ2n) is 7.63. The zero-order valence-corrected chi connectivity index (χ0v) is 17.3. The van der Waals surface area contributed by atoms with Gasteiger partial charge in [-0.3, -0.25) is 4.79 Å². The molecule has 0 aromatic heterocycles. The van der Waals surface area contributed by atoms with Crippen LogP contribution in [0.3, 0.4) is 0 Å². The molecule has 29 heavy (non-hydrogen) atoms. The number of benzene rings is 1. The molecular formula is C19H28FN3O5S. The first-order valence-corrected chi connectivity index (χ1v) is 11.3. The van der Waals surface area contributed by atoms with Gasteiger partial charge >= 0.3 is 0 Å². The van der Waals surface area contributed by atoms with Gasteiger partial charge in [0, 0.05) is 26.2 Å². The molecule has 2 heterocycles. The SMILES string of the molecule is CN1CCN(C(=O)C[C@H]2CC[C@H](NS(=O)(=O)c3cccc(F)c3)[C@@H](CO)O2)CC1. The summed E-state index contributed by atoms with van der Waals surface area (Å²) in [4.78, 5) is 16.3. The highest BCUT2D eigenvalue weighted by Gasteiger charge is 2.35. The molecule has 1 aromatic rings. The van der Waals surface area contributed by atoms with Gasteiger partial charge in [-0.05, 0) is 38.1 Å². The second-order valence-corrected chi connectivity index (χ2v) is 9.34. The Morgan fingerprint density at radius 3 is 2.66 bits per heavy atom. The zero-order valence-electron chi connectivity index (χ0n) is 16.5. The molecular weight excluding hydrogens is 401 g/mol. The number of amides is 1. The van der Waals surface area contributed by atoms with Crippen LogP contribution in [0, 0.1) is 5.82 Å². The van der Waals surface area contributed by atoms with Crippen molar-refractivity contribution < 1.29 is 27.4 Å². The summed E-state index contributed by atoms with van der Waals surface area (Å²) in [5.41, 5.74) is 0. The summed E-state index contributed by atoms with van der Waals surface area (Å²) in [5, 5.41) is 9.68. The minimum absolute atomic E-state index is 0.0126. The summed E-state index contributed by atoms with van der Waals surface area (Å²) in [7, 11) is -1.93. The van der Waals surface area contributed by atoms with E-state index in [4.69, 9.17) is 4.74 Å². The van der Waals surface area contributed by atoms with E-state index in [1.807, 2.05) is 11.9 Å². The number of hydrogen-bond donors (Lipinski definition) is 2. The van der Waals surface area contributed by atoms with Crippen LogP contribution in [0.1, 0.15) is 19.3 Å². The van der Waals surface area contributed by atoms with Gasteiger partial charge in [-0.1, -0.05) is 6.07 Å². The Kier molecular flexibility index (Phi) is 7.23. The Hall–Kier alpha value is -1.59. The number of nitrogens with one attached hydrogen (secondary N) is 1. The van der Waals surface area contributed by atoms with Crippen molar-refractivity contribution in [2.45, 2.75) is 42.4 Å². The fourth-order valence-corrected chi connectivity index (χ4v) is 5.03. The van der Waals surface area contributed by atoms with Gasteiger partial charge in [0.1, 0.15) is 5.82 Å². The second kappa shape index (κ2) is 9.48. The summed E-state index contributed by atoms with van der Waals surface area (Å²) < 4.78 is 46.8. The third kappa shape index (κ3) is 5.73. The van der Waals surface area contributed by atoms with Crippen molar-refractivity contribution in [1.29, 1.82) is 0 Å². The highest BCUT2D eigenvalue weighted by atomic mass is 32.2. The predicted octanol–water partition coefficient (Wildman–Crippen LogP) is 0.177. The first kappa shape index (κ1) is 22.1. The van der Waals surface area contributed by atoms with Gasteiger partial charge in [0.25, 0.3) is 0 Å². The lowest BCUT2D eigenvalue weighted by atomic mass is 9.97. The zero-order chi connectivity index (χ0) is 21.0. The van der Waals surface area contributed by atoms with Gasteiger partial charge in [-0.2, -0.15) is 0 Å². The fourth-order valence-electron chi connectivity index (χ4n) is 3.70. The number of carbonyl (C=O) groups is 1. The first-order chi connectivity index (χ1) is 13.8. The van der Waals surface area contributed by atoms with Crippen molar-refractivity contribution in [3.8, 4) is 0 Å². The quantitative estimate of drug-likeness (QED) is 0.669. The Labute approximate surface area is 170 Å². The van der Waals surface area contributed by atoms with Crippen LogP contribution in [0.25, 0.3) is 0 Å². The maximum Gasteiger partial charge on any atom is 0.241 e. The molecule has 1 amide bonds. The van der Waals surface area contributed by atoms with Crippen LogP contribution in [0.2, 0.25) is 0 Å². The first-order valence-electron chi connectivity index (χ1n) is 9.79. The van der Waals surface area contributed by atoms with E-state index in [1.165, 1.54) is 18.2 Å². The highest BCUT2D eigenvalue weighted by Crippen LogP contribution is 2.24. The molecule has 0 bridgehead atoms. The highest BCUT2D eigenvalue weighted by molar-refractivity contribution is 7.89. The molecule has 0 unspecified atom stereocenters. The number of hydrogen-bond acceptors (Lipinski definition) is 6. The van der Waals surface area contributed by atoms with Gasteiger partial charge in [0.15, 0.2) is 0 Å². The van der Waals surface area contributed by atoms with E-state index >= 15 is 0 Å². The van der Waals surface area contributed by atoms with Crippen LogP contribution < -0.4 is 4.72 Å². The maximum absolute atomic E-state index is 13.4. The number of halogens is 1. The number of aliphatic hydroxyl groups is 1. The molecule has 2 saturated heterocycles. The number of sulfonamides is 1. The van der Waals surface area contributed by atoms with Gasteiger partial charge in [-0.15, -0.1) is 0 Å². The van der Waals surface area contributed by atoms with Crippen LogP contribution in [-0.2, 0) is 19.6 Å². The lowest BCUT2D eigenvalue weighted by Crippen LogP contribution is -2.52. The minimum Gasteiger partial charge on any atom is -0.394 e. The summed E-state index contributed by atoms with van der Waals surface area (Å²) in [6, 6.07) is 4.09. The predicted molar refractivity (Wildman–Crippen MR) is 104 cm³/mol. The molecule has 2 aliphatic rings. The standard InChI is InChI=1S/C19H28FN3O5S/c1-22-7-9-23(10-8-22)19(25)12-15-5-6-17(18(13-24)28-15)21-29(26,27)16-4-2-3-14(20)11-16/h2-4,11,15,17-18,21,24H,5-10,12-13H2,1H3/t15-,17+,18-/m1/s1. The van der Waals surface area contributed by atoms with E-state index in [1.54, 1.807) is 0 Å². The molecule has 0 saturated carbocycles. The third-order valence-corrected chi connectivity index (χ3v) is 6.95. The lowest BCUT2D eigenvalue weighted by Gasteiger charge is -2.37. The van der Waals surface area contributed by atoms with Crippen molar-refractivity contribution in [1.82, 2.24) is 14.5 Å². The Morgan fingerprint density at radius 2 is 2.00 bits per heavy atom. The molecule has 162 valence electrons. The molecule has 3 atom stereocenters. The average molecular weight is 430 g/mol. The van der Waals surface area contributed by atoms with Crippen LogP contribution in [0.4, 0.5) is 4.39 Å². The molecule has 2 N–H and O–H groups in total. The normalized spacial score (nSPS) is 26.4. The van der Waals surface area contributed by atoms with Crippen molar-refractivity contribution in [2.75, 3.05) is 39.8 Å². The van der Waals surface area contributed by atoms with Crippen molar-refractivity contribution >= 4 is 15.9 Å². The summed E-state index contributed by atoms with van der Waals surface area (Å²) >= 11 is 0. The number of rotatable bonds is 6. The molecule has 2 fully saturated rings. The third-order valence-electron chi connectivity index (χ3n) is 5.47. The Morgan fingerprint density at radius 1 is 1.28 bits per heavy atom. The van der Waals surface area contributed by atoms with Crippen LogP contribution >= 0.6 is 0 Å². The molecule has 0 radical (unpaired) electrons. The number of ether oxygens (including phenoxy) is 1. The molecule has 8 nitrogen and oxygen atoms in total. The number of likely N-dealkylation sites (N-methyl/N-ethyl adjacent to an activating group) is 1. The van der Waals surface area contributed by atoms with Gasteiger partial charge in [0.05, 0.1) is 36.2 Å². The van der Waals surface area contributed by atoms with Gasteiger partial charge in [-0.25, -0.2) is 17.5 Å². The number of carbonyl (C=O) groups excluding carboxylic acids is 1. The monoisotopic (exact) mass is 429 g/mol. The van der Waals surface area contributed by atoms with Crippen molar-refractivity contribution in [3.05, 3.63) is 30.1 Å². The summed E-state index contributed by atoms with van der Waals surface area (Å²) in [6.45, 7) is 2.65. The molecule has 3 rings (SSSR count). The number of aliphatic hydroxyl groups excluding tert-OH is 1. The molecule has 2 aliphatic heterocycles. The summed E-state index contributed by atoms with van der Waals surface area (Å²) in [6.07, 6.45) is -0.0114. The van der Waals surface area contributed by atoms with E-state index in [2.05, 4.69) is 9.62 Å². The van der Waals surface area contributed by atoms with Gasteiger partial charge < -0.3 is 19.6 Å². The molecule has 10 heteroatoms. The van der Waals surface area contributed by atoms with E-state index in [-0.39, 0.29) is 29.9 Å². The maximum atomic E-state index is 13.4. The Bertz CT molecular complexity index is 814. The van der Waals surface area contributed by atoms with Crippen molar-refractivity contribution in [3.63, 3.8) is 0 Å². The molecule has 1 aromatic carbocycles. The van der Waals surface area contributed by atoms with Crippen molar-refractivity contribution in [2.24, 2.45) is 0 Å². The fraction of sp³-hybridized carbons (Fsp3) is 0.632. The van der Waals surface area contributed by atoms with E-state index in [0.29, 0.717) is 25.9 Å². The van der Waals surface area contributed by atoms with Crippen LogP contribution in [0.5, 0.6) is 0 Å². The molecule has 0 spiro atoms. The van der Waals surface area contributed by atoms with E-state index in [0.717, 1.165) is 19.2 Å². The minimum atomic E-state index is -3.95. The smallest absolute Gasteiger partial charge is 0.241 e.